The minimum Gasteiger partial charge on any atom is -0.507 e. The van der Waals surface area contributed by atoms with Gasteiger partial charge in [0.15, 0.2) is 0 Å². The summed E-state index contributed by atoms with van der Waals surface area (Å²) >= 11 is 0. The lowest BCUT2D eigenvalue weighted by atomic mass is 9.94. The van der Waals surface area contributed by atoms with Crippen molar-refractivity contribution >= 4 is 34.0 Å². The van der Waals surface area contributed by atoms with E-state index >= 15 is 0 Å². The fourth-order valence-corrected chi connectivity index (χ4v) is 4.97. The molecule has 0 aliphatic carbocycles. The number of aliphatic hydroxyl groups is 1. The van der Waals surface area contributed by atoms with Crippen molar-refractivity contribution in [3.05, 3.63) is 95.2 Å². The number of ketones is 1. The van der Waals surface area contributed by atoms with E-state index in [0.717, 1.165) is 16.5 Å². The molecule has 1 aliphatic heterocycles. The molecule has 3 aromatic carbocycles. The summed E-state index contributed by atoms with van der Waals surface area (Å²) < 4.78 is 11.6. The van der Waals surface area contributed by atoms with E-state index in [1.54, 1.807) is 48.7 Å². The molecule has 1 saturated heterocycles. The SMILES string of the molecule is CCOc1cccc(N2C(=O)C(=O)/C(=C(/O)c3ccc(OCC(C)C)c(C)c3)C2c2c[nH]c3ccccc23)c1. The number of fused-ring (bicyclic) bond motifs is 1. The van der Waals surface area contributed by atoms with Crippen molar-refractivity contribution in [2.24, 2.45) is 5.92 Å². The van der Waals surface area contributed by atoms with Crippen LogP contribution in [-0.2, 0) is 9.59 Å². The van der Waals surface area contributed by atoms with E-state index in [1.165, 1.54) is 4.90 Å². The molecule has 7 heteroatoms. The van der Waals surface area contributed by atoms with E-state index < -0.39 is 17.7 Å². The molecule has 0 spiro atoms. The van der Waals surface area contributed by atoms with Gasteiger partial charge in [0.2, 0.25) is 0 Å². The van der Waals surface area contributed by atoms with E-state index in [9.17, 15) is 14.7 Å². The third kappa shape index (κ3) is 4.88. The molecule has 39 heavy (non-hydrogen) atoms. The molecule has 0 saturated carbocycles. The van der Waals surface area contributed by atoms with Crippen LogP contribution in [0.25, 0.3) is 16.7 Å². The molecular formula is C32H32N2O5. The molecule has 0 bridgehead atoms. The van der Waals surface area contributed by atoms with Crippen molar-refractivity contribution in [1.29, 1.82) is 0 Å². The normalized spacial score (nSPS) is 16.8. The van der Waals surface area contributed by atoms with Crippen molar-refractivity contribution in [2.45, 2.75) is 33.7 Å². The average molecular weight is 525 g/mol. The van der Waals surface area contributed by atoms with Gasteiger partial charge < -0.3 is 19.6 Å². The number of rotatable bonds is 8. The number of hydrogen-bond donors (Lipinski definition) is 2. The Kier molecular flexibility index (Phi) is 7.15. The molecule has 1 aliphatic rings. The van der Waals surface area contributed by atoms with Crippen LogP contribution >= 0.6 is 0 Å². The van der Waals surface area contributed by atoms with Crippen LogP contribution in [0.3, 0.4) is 0 Å². The van der Waals surface area contributed by atoms with Gasteiger partial charge in [0.25, 0.3) is 11.7 Å². The Labute approximate surface area is 227 Å². The Balaban J connectivity index is 1.67. The van der Waals surface area contributed by atoms with Gasteiger partial charge in [-0.2, -0.15) is 0 Å². The predicted octanol–water partition coefficient (Wildman–Crippen LogP) is 6.54. The number of aromatic amines is 1. The highest BCUT2D eigenvalue weighted by Crippen LogP contribution is 2.45. The fraction of sp³-hybridized carbons (Fsp3) is 0.250. The van der Waals surface area contributed by atoms with Gasteiger partial charge in [-0.3, -0.25) is 14.5 Å². The first-order valence-corrected chi connectivity index (χ1v) is 13.1. The second-order valence-corrected chi connectivity index (χ2v) is 10.1. The van der Waals surface area contributed by atoms with E-state index in [0.29, 0.717) is 47.4 Å². The number of nitrogens with one attached hydrogen (secondary N) is 1. The zero-order chi connectivity index (χ0) is 27.7. The molecule has 2 N–H and O–H groups in total. The van der Waals surface area contributed by atoms with Crippen LogP contribution < -0.4 is 14.4 Å². The van der Waals surface area contributed by atoms with E-state index in [1.807, 2.05) is 38.1 Å². The lowest BCUT2D eigenvalue weighted by Gasteiger charge is -2.25. The number of Topliss-reactive ketones (excluding diaryl/α,β-unsaturated/α-hetero) is 1. The van der Waals surface area contributed by atoms with Crippen LogP contribution in [0, 0.1) is 12.8 Å². The summed E-state index contributed by atoms with van der Waals surface area (Å²) in [5.41, 5.74) is 3.37. The van der Waals surface area contributed by atoms with E-state index in [4.69, 9.17) is 9.47 Å². The van der Waals surface area contributed by atoms with Crippen molar-refractivity contribution in [1.82, 2.24) is 4.98 Å². The number of ether oxygens (including phenoxy) is 2. The van der Waals surface area contributed by atoms with Crippen molar-refractivity contribution in [3.63, 3.8) is 0 Å². The molecule has 2 heterocycles. The molecule has 1 unspecified atom stereocenters. The maximum absolute atomic E-state index is 13.6. The van der Waals surface area contributed by atoms with Gasteiger partial charge in [0, 0.05) is 40.0 Å². The number of anilines is 1. The van der Waals surface area contributed by atoms with Crippen molar-refractivity contribution in [3.8, 4) is 11.5 Å². The molecular weight excluding hydrogens is 492 g/mol. The maximum atomic E-state index is 13.6. The Morgan fingerprint density at radius 1 is 1.03 bits per heavy atom. The third-order valence-electron chi connectivity index (χ3n) is 6.79. The number of H-pyrrole nitrogens is 1. The first kappa shape index (κ1) is 26.1. The van der Waals surface area contributed by atoms with Gasteiger partial charge in [-0.05, 0) is 61.7 Å². The van der Waals surface area contributed by atoms with E-state index in [-0.39, 0.29) is 11.3 Å². The lowest BCUT2D eigenvalue weighted by molar-refractivity contribution is -0.132. The number of nitrogens with zero attached hydrogens (tertiary/aromatic N) is 1. The highest BCUT2D eigenvalue weighted by Gasteiger charge is 2.47. The van der Waals surface area contributed by atoms with Gasteiger partial charge in [0.1, 0.15) is 17.3 Å². The molecule has 0 radical (unpaired) electrons. The monoisotopic (exact) mass is 524 g/mol. The second-order valence-electron chi connectivity index (χ2n) is 10.1. The number of aryl methyl sites for hydroxylation is 1. The third-order valence-corrected chi connectivity index (χ3v) is 6.79. The fourth-order valence-electron chi connectivity index (χ4n) is 4.97. The van der Waals surface area contributed by atoms with Crippen molar-refractivity contribution in [2.75, 3.05) is 18.1 Å². The summed E-state index contributed by atoms with van der Waals surface area (Å²) in [6.45, 7) is 8.95. The zero-order valence-electron chi connectivity index (χ0n) is 22.5. The summed E-state index contributed by atoms with van der Waals surface area (Å²) in [5.74, 6) is -0.0308. The predicted molar refractivity (Wildman–Crippen MR) is 152 cm³/mol. The summed E-state index contributed by atoms with van der Waals surface area (Å²) in [6, 6.07) is 19.2. The number of hydrogen-bond acceptors (Lipinski definition) is 5. The molecule has 1 atom stereocenters. The zero-order valence-corrected chi connectivity index (χ0v) is 22.5. The lowest BCUT2D eigenvalue weighted by Crippen LogP contribution is -2.29. The number of carbonyl (C=O) groups is 2. The molecule has 200 valence electrons. The first-order chi connectivity index (χ1) is 18.8. The van der Waals surface area contributed by atoms with Crippen LogP contribution in [0.15, 0.2) is 78.5 Å². The van der Waals surface area contributed by atoms with Crippen LogP contribution in [-0.4, -0.2) is 35.0 Å². The Hall–Kier alpha value is -4.52. The summed E-state index contributed by atoms with van der Waals surface area (Å²) in [5, 5.41) is 12.4. The molecule has 7 nitrogen and oxygen atoms in total. The average Bonchev–Trinajstić information content (AvgIpc) is 3.46. The Morgan fingerprint density at radius 2 is 1.82 bits per heavy atom. The van der Waals surface area contributed by atoms with Crippen LogP contribution in [0.5, 0.6) is 11.5 Å². The van der Waals surface area contributed by atoms with Gasteiger partial charge in [0.05, 0.1) is 24.8 Å². The van der Waals surface area contributed by atoms with Crippen molar-refractivity contribution < 1.29 is 24.2 Å². The Bertz CT molecular complexity index is 1580. The van der Waals surface area contributed by atoms with Crippen LogP contribution in [0.2, 0.25) is 0 Å². The quantitative estimate of drug-likeness (QED) is 0.155. The molecule has 5 rings (SSSR count). The van der Waals surface area contributed by atoms with E-state index in [2.05, 4.69) is 18.8 Å². The van der Waals surface area contributed by atoms with Gasteiger partial charge >= 0.3 is 0 Å². The summed E-state index contributed by atoms with van der Waals surface area (Å²) in [4.78, 5) is 31.9. The van der Waals surface area contributed by atoms with Gasteiger partial charge in [-0.1, -0.05) is 38.1 Å². The molecule has 4 aromatic rings. The topological polar surface area (TPSA) is 91.9 Å². The largest absolute Gasteiger partial charge is 0.507 e. The number of para-hydroxylation sites is 1. The number of benzene rings is 3. The van der Waals surface area contributed by atoms with Crippen LogP contribution in [0.1, 0.15) is 43.5 Å². The smallest absolute Gasteiger partial charge is 0.300 e. The first-order valence-electron chi connectivity index (χ1n) is 13.1. The highest BCUT2D eigenvalue weighted by molar-refractivity contribution is 6.52. The van der Waals surface area contributed by atoms with Gasteiger partial charge in [-0.25, -0.2) is 0 Å². The number of aromatic nitrogens is 1. The summed E-state index contributed by atoms with van der Waals surface area (Å²) in [6.07, 6.45) is 1.79. The maximum Gasteiger partial charge on any atom is 0.300 e. The minimum absolute atomic E-state index is 0.0295. The Morgan fingerprint density at radius 3 is 2.56 bits per heavy atom. The second kappa shape index (κ2) is 10.7. The summed E-state index contributed by atoms with van der Waals surface area (Å²) in [7, 11) is 0. The number of carbonyl (C=O) groups excluding carboxylic acids is 2. The molecule has 1 fully saturated rings. The molecule has 1 amide bonds. The minimum atomic E-state index is -0.852. The number of aliphatic hydroxyl groups excluding tert-OH is 1. The molecule has 1 aromatic heterocycles. The highest BCUT2D eigenvalue weighted by atomic mass is 16.5. The number of amides is 1. The van der Waals surface area contributed by atoms with Gasteiger partial charge in [-0.15, -0.1) is 0 Å². The van der Waals surface area contributed by atoms with Crippen LogP contribution in [0.4, 0.5) is 5.69 Å². The standard InChI is InChI=1S/C32H32N2O5/c1-5-38-23-10-8-9-22(16-23)34-29(25-17-33-26-12-7-6-11-24(25)26)28(31(36)32(34)37)30(35)21-13-14-27(20(4)15-21)39-18-19(2)3/h6-17,19,29,33,35H,5,18H2,1-4H3/b30-28+.